The third-order valence-electron chi connectivity index (χ3n) is 1.49. The Morgan fingerprint density at radius 2 is 2.25 bits per heavy atom. The van der Waals surface area contributed by atoms with E-state index in [1.807, 2.05) is 6.07 Å². The van der Waals surface area contributed by atoms with E-state index in [-0.39, 0.29) is 0 Å². The molecule has 0 radical (unpaired) electrons. The summed E-state index contributed by atoms with van der Waals surface area (Å²) < 4.78 is 5.06. The van der Waals surface area contributed by atoms with Crippen molar-refractivity contribution in [1.29, 1.82) is 0 Å². The Kier molecular flexibility index (Phi) is 3.34. The van der Waals surface area contributed by atoms with Crippen molar-refractivity contribution in [2.45, 2.75) is 6.61 Å². The highest BCUT2D eigenvalue weighted by atomic mass is 35.5. The highest BCUT2D eigenvalue weighted by Gasteiger charge is 2.02. The number of rotatable bonds is 3. The quantitative estimate of drug-likeness (QED) is 0.734. The number of hydrogen-bond acceptors (Lipinski definition) is 3. The summed E-state index contributed by atoms with van der Waals surface area (Å²) in [5, 5.41) is 0.632. The van der Waals surface area contributed by atoms with Crippen LogP contribution in [0.5, 0.6) is 5.75 Å². The van der Waals surface area contributed by atoms with Crippen molar-refractivity contribution in [1.82, 2.24) is 0 Å². The summed E-state index contributed by atoms with van der Waals surface area (Å²) in [5.74, 6) is 5.62. The lowest BCUT2D eigenvalue weighted by Gasteiger charge is -2.06. The number of ether oxygens (including phenoxy) is 1. The van der Waals surface area contributed by atoms with Gasteiger partial charge in [0, 0.05) is 10.6 Å². The molecule has 2 N–H and O–H groups in total. The van der Waals surface area contributed by atoms with Crippen molar-refractivity contribution >= 4 is 11.6 Å². The van der Waals surface area contributed by atoms with Crippen LogP contribution in [0.2, 0.25) is 5.02 Å². The maximum atomic E-state index is 5.74. The minimum absolute atomic E-state index is 0.320. The summed E-state index contributed by atoms with van der Waals surface area (Å²) in [6.07, 6.45) is 0. The van der Waals surface area contributed by atoms with Gasteiger partial charge < -0.3 is 4.74 Å². The molecule has 0 heterocycles. The van der Waals surface area contributed by atoms with Gasteiger partial charge in [-0.2, -0.15) is 0 Å². The largest absolute Gasteiger partial charge is 0.496 e. The molecule has 0 bridgehead atoms. The fourth-order valence-electron chi connectivity index (χ4n) is 0.927. The molecular weight excluding hydrogens is 178 g/mol. The molecule has 1 aromatic carbocycles. The molecule has 0 unspecified atom stereocenters. The zero-order chi connectivity index (χ0) is 8.97. The van der Waals surface area contributed by atoms with Crippen LogP contribution in [0.3, 0.4) is 0 Å². The first-order chi connectivity index (χ1) is 5.77. The van der Waals surface area contributed by atoms with Crippen molar-refractivity contribution in [3.8, 4) is 5.75 Å². The van der Waals surface area contributed by atoms with Gasteiger partial charge in [-0.25, -0.2) is 5.90 Å². The molecule has 4 heteroatoms. The molecule has 0 saturated carbocycles. The molecule has 3 nitrogen and oxygen atoms in total. The van der Waals surface area contributed by atoms with E-state index in [1.165, 1.54) is 0 Å². The Morgan fingerprint density at radius 1 is 1.50 bits per heavy atom. The van der Waals surface area contributed by atoms with Gasteiger partial charge in [0.25, 0.3) is 0 Å². The summed E-state index contributed by atoms with van der Waals surface area (Å²) in [5.41, 5.74) is 0.879. The van der Waals surface area contributed by atoms with Crippen LogP contribution >= 0.6 is 11.6 Å². The van der Waals surface area contributed by atoms with Gasteiger partial charge in [-0.05, 0) is 12.1 Å². The predicted octanol–water partition coefficient (Wildman–Crippen LogP) is 1.74. The molecule has 1 aromatic rings. The summed E-state index contributed by atoms with van der Waals surface area (Å²) in [6, 6.07) is 5.29. The molecule has 1 rings (SSSR count). The monoisotopic (exact) mass is 187 g/mol. The van der Waals surface area contributed by atoms with Crippen molar-refractivity contribution in [2.24, 2.45) is 5.90 Å². The molecule has 0 fully saturated rings. The van der Waals surface area contributed by atoms with Crippen molar-refractivity contribution < 1.29 is 9.57 Å². The van der Waals surface area contributed by atoms with Crippen LogP contribution in [0.25, 0.3) is 0 Å². The fraction of sp³-hybridized carbons (Fsp3) is 0.250. The number of benzene rings is 1. The van der Waals surface area contributed by atoms with E-state index in [9.17, 15) is 0 Å². The van der Waals surface area contributed by atoms with Gasteiger partial charge in [-0.1, -0.05) is 17.7 Å². The maximum absolute atomic E-state index is 5.74. The zero-order valence-corrected chi connectivity index (χ0v) is 7.47. The second kappa shape index (κ2) is 4.30. The molecule has 0 aromatic heterocycles. The highest BCUT2D eigenvalue weighted by molar-refractivity contribution is 6.30. The minimum atomic E-state index is 0.320. The first-order valence-corrected chi connectivity index (χ1v) is 3.80. The Morgan fingerprint density at radius 3 is 2.83 bits per heavy atom. The van der Waals surface area contributed by atoms with Crippen molar-refractivity contribution in [3.63, 3.8) is 0 Å². The van der Waals surface area contributed by atoms with Gasteiger partial charge >= 0.3 is 0 Å². The van der Waals surface area contributed by atoms with Crippen molar-refractivity contribution in [3.05, 3.63) is 28.8 Å². The summed E-state index contributed by atoms with van der Waals surface area (Å²) in [6.45, 7) is 0.320. The number of hydrogen-bond donors (Lipinski definition) is 1. The van der Waals surface area contributed by atoms with Gasteiger partial charge in [0.1, 0.15) is 5.75 Å². The molecule has 0 spiro atoms. The van der Waals surface area contributed by atoms with E-state index < -0.39 is 0 Å². The van der Waals surface area contributed by atoms with Crippen LogP contribution in [0, 0.1) is 0 Å². The Balaban J connectivity index is 2.94. The Bertz CT molecular complexity index is 265. The normalized spacial score (nSPS) is 9.92. The number of nitrogens with two attached hydrogens (primary N) is 1. The molecular formula is C8H10ClNO2. The molecule has 0 saturated heterocycles. The third-order valence-corrected chi connectivity index (χ3v) is 1.72. The van der Waals surface area contributed by atoms with E-state index >= 15 is 0 Å². The molecule has 0 aliphatic rings. The van der Waals surface area contributed by atoms with Crippen molar-refractivity contribution in [2.75, 3.05) is 7.11 Å². The van der Waals surface area contributed by atoms with Crippen LogP contribution in [-0.2, 0) is 11.4 Å². The predicted molar refractivity (Wildman–Crippen MR) is 47.0 cm³/mol. The molecule has 0 aliphatic heterocycles. The molecule has 0 aliphatic carbocycles. The molecule has 12 heavy (non-hydrogen) atoms. The lowest BCUT2D eigenvalue weighted by Crippen LogP contribution is -2.00. The summed E-state index contributed by atoms with van der Waals surface area (Å²) in [7, 11) is 1.58. The van der Waals surface area contributed by atoms with E-state index in [2.05, 4.69) is 4.84 Å². The maximum Gasteiger partial charge on any atom is 0.125 e. The topological polar surface area (TPSA) is 44.5 Å². The number of methoxy groups -OCH3 is 1. The van der Waals surface area contributed by atoms with Gasteiger partial charge in [0.05, 0.1) is 13.7 Å². The van der Waals surface area contributed by atoms with Crippen LogP contribution in [0.1, 0.15) is 5.56 Å². The van der Waals surface area contributed by atoms with E-state index in [0.717, 1.165) is 5.56 Å². The highest BCUT2D eigenvalue weighted by Crippen LogP contribution is 2.23. The van der Waals surface area contributed by atoms with Crippen LogP contribution in [-0.4, -0.2) is 7.11 Å². The fourth-order valence-corrected chi connectivity index (χ4v) is 1.09. The van der Waals surface area contributed by atoms with E-state index in [1.54, 1.807) is 19.2 Å². The Hall–Kier alpha value is -0.770. The summed E-state index contributed by atoms with van der Waals surface area (Å²) >= 11 is 5.74. The minimum Gasteiger partial charge on any atom is -0.496 e. The van der Waals surface area contributed by atoms with Gasteiger partial charge in [-0.15, -0.1) is 0 Å². The zero-order valence-electron chi connectivity index (χ0n) is 6.71. The standard InChI is InChI=1S/C8H10ClNO2/c1-11-8-4-7(9)3-2-6(8)5-12-10/h2-4H,5,10H2,1H3. The Labute approximate surface area is 76.0 Å². The lowest BCUT2D eigenvalue weighted by molar-refractivity contribution is 0.122. The van der Waals surface area contributed by atoms with Crippen LogP contribution < -0.4 is 10.6 Å². The molecule has 0 amide bonds. The second-order valence-corrected chi connectivity index (χ2v) is 2.70. The smallest absolute Gasteiger partial charge is 0.125 e. The molecule has 0 atom stereocenters. The third kappa shape index (κ3) is 2.11. The van der Waals surface area contributed by atoms with Gasteiger partial charge in [0.2, 0.25) is 0 Å². The SMILES string of the molecule is COc1cc(Cl)ccc1CON. The number of halogens is 1. The first-order valence-electron chi connectivity index (χ1n) is 3.42. The second-order valence-electron chi connectivity index (χ2n) is 2.27. The van der Waals surface area contributed by atoms with Crippen LogP contribution in [0.15, 0.2) is 18.2 Å². The first kappa shape index (κ1) is 9.32. The van der Waals surface area contributed by atoms with Crippen LogP contribution in [0.4, 0.5) is 0 Å². The van der Waals surface area contributed by atoms with E-state index in [4.69, 9.17) is 22.2 Å². The van der Waals surface area contributed by atoms with E-state index in [0.29, 0.717) is 17.4 Å². The average molecular weight is 188 g/mol. The molecule has 66 valence electrons. The average Bonchev–Trinajstić information content (AvgIpc) is 2.08. The summed E-state index contributed by atoms with van der Waals surface area (Å²) in [4.78, 5) is 4.49. The lowest BCUT2D eigenvalue weighted by atomic mass is 10.2. The van der Waals surface area contributed by atoms with Gasteiger partial charge in [0.15, 0.2) is 0 Å². The van der Waals surface area contributed by atoms with Gasteiger partial charge in [-0.3, -0.25) is 4.84 Å².